The van der Waals surface area contributed by atoms with Crippen molar-refractivity contribution in [3.8, 4) is 11.1 Å². The lowest BCUT2D eigenvalue weighted by molar-refractivity contribution is -0.128. The zero-order valence-electron chi connectivity index (χ0n) is 14.2. The maximum Gasteiger partial charge on any atom is 0.222 e. The van der Waals surface area contributed by atoms with E-state index in [9.17, 15) is 13.2 Å². The number of carbonyl (C=O) groups excluding carboxylic acids is 1. The Bertz CT molecular complexity index is 860. The number of carbonyl (C=O) groups is 1. The van der Waals surface area contributed by atoms with Crippen molar-refractivity contribution in [3.63, 3.8) is 0 Å². The molecule has 0 radical (unpaired) electrons. The number of hydrogen-bond donors (Lipinski definition) is 1. The Morgan fingerprint density at radius 3 is 2.44 bits per heavy atom. The monoisotopic (exact) mass is 358 g/mol. The SMILES string of the molecule is CS(=O)(=O)NCc1ccccc1-c1ccc(CN2CCCC2=O)cc1. The van der Waals surface area contributed by atoms with Gasteiger partial charge in [0.15, 0.2) is 0 Å². The van der Waals surface area contributed by atoms with E-state index < -0.39 is 10.0 Å². The molecule has 1 fully saturated rings. The Labute approximate surface area is 148 Å². The van der Waals surface area contributed by atoms with Crippen LogP contribution >= 0.6 is 0 Å². The molecular formula is C19H22N2O3S. The molecule has 5 nitrogen and oxygen atoms in total. The number of nitrogens with zero attached hydrogens (tertiary/aromatic N) is 1. The van der Waals surface area contributed by atoms with Crippen molar-refractivity contribution in [1.29, 1.82) is 0 Å². The Kier molecular flexibility index (Phi) is 5.20. The Morgan fingerprint density at radius 2 is 1.80 bits per heavy atom. The number of likely N-dealkylation sites (tertiary alicyclic amines) is 1. The lowest BCUT2D eigenvalue weighted by Crippen LogP contribution is -2.23. The van der Waals surface area contributed by atoms with Gasteiger partial charge in [-0.25, -0.2) is 13.1 Å². The van der Waals surface area contributed by atoms with Crippen molar-refractivity contribution in [2.75, 3.05) is 12.8 Å². The van der Waals surface area contributed by atoms with E-state index in [1.54, 1.807) is 0 Å². The molecule has 0 aliphatic carbocycles. The lowest BCUT2D eigenvalue weighted by atomic mass is 9.98. The standard InChI is InChI=1S/C19H22N2O3S/c1-25(23,24)20-13-17-5-2-3-6-18(17)16-10-8-15(9-11-16)14-21-12-4-7-19(21)22/h2-3,5-6,8-11,20H,4,7,12-14H2,1H3. The van der Waals surface area contributed by atoms with Gasteiger partial charge < -0.3 is 4.90 Å². The van der Waals surface area contributed by atoms with Crippen LogP contribution in [0, 0.1) is 0 Å². The first-order valence-corrected chi connectivity index (χ1v) is 10.2. The predicted octanol–water partition coefficient (Wildman–Crippen LogP) is 2.53. The Morgan fingerprint density at radius 1 is 1.08 bits per heavy atom. The van der Waals surface area contributed by atoms with E-state index in [0.29, 0.717) is 13.0 Å². The molecule has 0 saturated carbocycles. The Hall–Kier alpha value is -2.18. The van der Waals surface area contributed by atoms with Crippen LogP contribution < -0.4 is 4.72 Å². The number of rotatable bonds is 6. The molecule has 2 aromatic carbocycles. The van der Waals surface area contributed by atoms with E-state index in [1.807, 2.05) is 53.4 Å². The molecular weight excluding hydrogens is 336 g/mol. The molecule has 1 N–H and O–H groups in total. The van der Waals surface area contributed by atoms with Gasteiger partial charge >= 0.3 is 0 Å². The van der Waals surface area contributed by atoms with Crippen molar-refractivity contribution < 1.29 is 13.2 Å². The third-order valence-corrected chi connectivity index (χ3v) is 5.02. The van der Waals surface area contributed by atoms with Gasteiger partial charge in [0.2, 0.25) is 15.9 Å². The van der Waals surface area contributed by atoms with Crippen molar-refractivity contribution in [2.45, 2.75) is 25.9 Å². The number of amides is 1. The molecule has 25 heavy (non-hydrogen) atoms. The maximum absolute atomic E-state index is 11.7. The van der Waals surface area contributed by atoms with Crippen LogP contribution in [0.5, 0.6) is 0 Å². The highest BCUT2D eigenvalue weighted by atomic mass is 32.2. The summed E-state index contributed by atoms with van der Waals surface area (Å²) in [5, 5.41) is 0. The first-order valence-electron chi connectivity index (χ1n) is 8.32. The van der Waals surface area contributed by atoms with Gasteiger partial charge in [0.25, 0.3) is 0 Å². The molecule has 1 aliphatic rings. The molecule has 3 rings (SSSR count). The fraction of sp³-hybridized carbons (Fsp3) is 0.316. The predicted molar refractivity (Wildman–Crippen MR) is 98.2 cm³/mol. The van der Waals surface area contributed by atoms with Gasteiger partial charge in [-0.3, -0.25) is 4.79 Å². The maximum atomic E-state index is 11.7. The summed E-state index contributed by atoms with van der Waals surface area (Å²) in [6.45, 7) is 1.75. The topological polar surface area (TPSA) is 66.5 Å². The average Bonchev–Trinajstić information content (AvgIpc) is 2.98. The highest BCUT2D eigenvalue weighted by Crippen LogP contribution is 2.25. The van der Waals surface area contributed by atoms with Crippen LogP contribution in [-0.4, -0.2) is 32.0 Å². The average molecular weight is 358 g/mol. The van der Waals surface area contributed by atoms with Gasteiger partial charge in [0, 0.05) is 26.1 Å². The summed E-state index contributed by atoms with van der Waals surface area (Å²) >= 11 is 0. The smallest absolute Gasteiger partial charge is 0.222 e. The lowest BCUT2D eigenvalue weighted by Gasteiger charge is -2.16. The molecule has 0 bridgehead atoms. The summed E-state index contributed by atoms with van der Waals surface area (Å²) in [4.78, 5) is 13.6. The van der Waals surface area contributed by atoms with E-state index in [2.05, 4.69) is 4.72 Å². The second-order valence-corrected chi connectivity index (χ2v) is 8.20. The zero-order chi connectivity index (χ0) is 17.9. The van der Waals surface area contributed by atoms with Crippen molar-refractivity contribution in [1.82, 2.24) is 9.62 Å². The van der Waals surface area contributed by atoms with Gasteiger partial charge in [-0.2, -0.15) is 0 Å². The molecule has 132 valence electrons. The summed E-state index contributed by atoms with van der Waals surface area (Å²) < 4.78 is 25.2. The molecule has 1 saturated heterocycles. The second-order valence-electron chi connectivity index (χ2n) is 6.37. The van der Waals surface area contributed by atoms with E-state index in [1.165, 1.54) is 0 Å². The minimum absolute atomic E-state index is 0.223. The Balaban J connectivity index is 1.77. The van der Waals surface area contributed by atoms with Crippen molar-refractivity contribution in [3.05, 3.63) is 59.7 Å². The van der Waals surface area contributed by atoms with Crippen LogP contribution in [0.15, 0.2) is 48.5 Å². The molecule has 0 unspecified atom stereocenters. The number of hydrogen-bond acceptors (Lipinski definition) is 3. The minimum Gasteiger partial charge on any atom is -0.338 e. The van der Waals surface area contributed by atoms with Crippen molar-refractivity contribution >= 4 is 15.9 Å². The third-order valence-electron chi connectivity index (χ3n) is 4.35. The zero-order valence-corrected chi connectivity index (χ0v) is 15.1. The van der Waals surface area contributed by atoms with Crippen LogP contribution in [0.3, 0.4) is 0 Å². The highest BCUT2D eigenvalue weighted by molar-refractivity contribution is 7.88. The normalized spacial score (nSPS) is 14.9. The van der Waals surface area contributed by atoms with Crippen LogP contribution in [0.2, 0.25) is 0 Å². The minimum atomic E-state index is -3.23. The van der Waals surface area contributed by atoms with E-state index in [0.717, 1.165) is 41.5 Å². The molecule has 6 heteroatoms. The summed E-state index contributed by atoms with van der Waals surface area (Å²) in [6, 6.07) is 15.8. The van der Waals surface area contributed by atoms with Gasteiger partial charge in [-0.15, -0.1) is 0 Å². The van der Waals surface area contributed by atoms with E-state index in [4.69, 9.17) is 0 Å². The van der Waals surface area contributed by atoms with Crippen LogP contribution in [-0.2, 0) is 27.9 Å². The summed E-state index contributed by atoms with van der Waals surface area (Å²) in [6.07, 6.45) is 2.75. The molecule has 0 atom stereocenters. The third kappa shape index (κ3) is 4.67. The molecule has 1 heterocycles. The number of sulfonamides is 1. The quantitative estimate of drug-likeness (QED) is 0.863. The van der Waals surface area contributed by atoms with Crippen LogP contribution in [0.1, 0.15) is 24.0 Å². The summed E-state index contributed by atoms with van der Waals surface area (Å²) in [5.74, 6) is 0.223. The fourth-order valence-corrected chi connectivity index (χ4v) is 3.46. The number of benzene rings is 2. The van der Waals surface area contributed by atoms with E-state index in [-0.39, 0.29) is 12.5 Å². The largest absolute Gasteiger partial charge is 0.338 e. The first-order chi connectivity index (χ1) is 11.9. The molecule has 0 spiro atoms. The van der Waals surface area contributed by atoms with Gasteiger partial charge in [-0.05, 0) is 28.7 Å². The van der Waals surface area contributed by atoms with Gasteiger partial charge in [0.1, 0.15) is 0 Å². The van der Waals surface area contributed by atoms with Crippen LogP contribution in [0.25, 0.3) is 11.1 Å². The number of nitrogens with one attached hydrogen (secondary N) is 1. The molecule has 1 aliphatic heterocycles. The summed E-state index contributed by atoms with van der Waals surface area (Å²) in [7, 11) is -3.23. The van der Waals surface area contributed by atoms with Crippen molar-refractivity contribution in [2.24, 2.45) is 0 Å². The van der Waals surface area contributed by atoms with Gasteiger partial charge in [-0.1, -0.05) is 48.5 Å². The molecule has 1 amide bonds. The van der Waals surface area contributed by atoms with Gasteiger partial charge in [0.05, 0.1) is 6.26 Å². The fourth-order valence-electron chi connectivity index (χ4n) is 3.05. The first kappa shape index (κ1) is 17.6. The van der Waals surface area contributed by atoms with E-state index >= 15 is 0 Å². The summed E-state index contributed by atoms with van der Waals surface area (Å²) in [5.41, 5.74) is 4.06. The molecule has 0 aromatic heterocycles. The molecule has 2 aromatic rings. The highest BCUT2D eigenvalue weighted by Gasteiger charge is 2.19. The van der Waals surface area contributed by atoms with Crippen LogP contribution in [0.4, 0.5) is 0 Å². The second kappa shape index (κ2) is 7.37.